The molecule has 1 fully saturated rings. The zero-order valence-electron chi connectivity index (χ0n) is 11.9. The Hall–Kier alpha value is -1.63. The van der Waals surface area contributed by atoms with E-state index in [9.17, 15) is 4.79 Å². The number of halogens is 2. The predicted octanol–water partition coefficient (Wildman–Crippen LogP) is 1.58. The number of pyridine rings is 1. The van der Waals surface area contributed by atoms with Gasteiger partial charge in [0.15, 0.2) is 0 Å². The van der Waals surface area contributed by atoms with Crippen LogP contribution in [-0.2, 0) is 0 Å². The van der Waals surface area contributed by atoms with Gasteiger partial charge in [0.05, 0.1) is 5.69 Å². The molecule has 2 aromatic heterocycles. The molecule has 22 heavy (non-hydrogen) atoms. The molecule has 0 saturated heterocycles. The van der Waals surface area contributed by atoms with Crippen LogP contribution in [0.4, 0.5) is 0 Å². The van der Waals surface area contributed by atoms with E-state index in [1.807, 2.05) is 12.3 Å². The molecule has 1 aliphatic carbocycles. The van der Waals surface area contributed by atoms with Gasteiger partial charge in [-0.15, -0.1) is 24.8 Å². The SMILES string of the molecule is Cl.Cl.NC(CNC(=O)c1cc(-n2cccn2)ccn1)C1CC1. The summed E-state index contributed by atoms with van der Waals surface area (Å²) >= 11 is 0. The van der Waals surface area contributed by atoms with Gasteiger partial charge < -0.3 is 11.1 Å². The summed E-state index contributed by atoms with van der Waals surface area (Å²) in [5.41, 5.74) is 7.15. The summed E-state index contributed by atoms with van der Waals surface area (Å²) in [5, 5.41) is 6.97. The topological polar surface area (TPSA) is 85.8 Å². The van der Waals surface area contributed by atoms with Crippen molar-refractivity contribution in [1.82, 2.24) is 20.1 Å². The summed E-state index contributed by atoms with van der Waals surface area (Å²) < 4.78 is 1.69. The van der Waals surface area contributed by atoms with E-state index in [1.54, 1.807) is 29.2 Å². The van der Waals surface area contributed by atoms with Gasteiger partial charge in [-0.3, -0.25) is 9.78 Å². The van der Waals surface area contributed by atoms with Gasteiger partial charge in [0.2, 0.25) is 0 Å². The normalized spacial score (nSPS) is 14.4. The van der Waals surface area contributed by atoms with Gasteiger partial charge in [-0.25, -0.2) is 4.68 Å². The largest absolute Gasteiger partial charge is 0.349 e. The lowest BCUT2D eigenvalue weighted by Gasteiger charge is -2.11. The molecule has 3 rings (SSSR count). The molecular formula is C14H19Cl2N5O. The number of carbonyl (C=O) groups excluding carboxylic acids is 1. The molecule has 0 spiro atoms. The van der Waals surface area contributed by atoms with Crippen molar-refractivity contribution < 1.29 is 4.79 Å². The van der Waals surface area contributed by atoms with E-state index in [0.29, 0.717) is 18.2 Å². The van der Waals surface area contributed by atoms with E-state index in [0.717, 1.165) is 5.69 Å². The minimum absolute atomic E-state index is 0. The number of nitrogens with zero attached hydrogens (tertiary/aromatic N) is 3. The molecule has 1 saturated carbocycles. The first-order valence-corrected chi connectivity index (χ1v) is 6.74. The number of amides is 1. The zero-order chi connectivity index (χ0) is 13.9. The third kappa shape index (κ3) is 4.43. The van der Waals surface area contributed by atoms with Gasteiger partial charge in [0.25, 0.3) is 5.91 Å². The molecular weight excluding hydrogens is 325 g/mol. The molecule has 1 amide bonds. The van der Waals surface area contributed by atoms with Crippen molar-refractivity contribution in [2.24, 2.45) is 11.7 Å². The van der Waals surface area contributed by atoms with Crippen LogP contribution in [0, 0.1) is 5.92 Å². The highest BCUT2D eigenvalue weighted by molar-refractivity contribution is 5.92. The van der Waals surface area contributed by atoms with Crippen LogP contribution in [-0.4, -0.2) is 33.3 Å². The zero-order valence-corrected chi connectivity index (χ0v) is 13.5. The van der Waals surface area contributed by atoms with Crippen LogP contribution >= 0.6 is 24.8 Å². The van der Waals surface area contributed by atoms with Gasteiger partial charge >= 0.3 is 0 Å². The van der Waals surface area contributed by atoms with Crippen LogP contribution in [0.15, 0.2) is 36.8 Å². The van der Waals surface area contributed by atoms with Crippen LogP contribution in [0.3, 0.4) is 0 Å². The number of rotatable bonds is 5. The summed E-state index contributed by atoms with van der Waals surface area (Å²) in [6, 6.07) is 5.40. The first-order chi connectivity index (χ1) is 9.74. The summed E-state index contributed by atoms with van der Waals surface area (Å²) in [7, 11) is 0. The molecule has 3 N–H and O–H groups in total. The fourth-order valence-electron chi connectivity index (χ4n) is 2.10. The Morgan fingerprint density at radius 2 is 2.18 bits per heavy atom. The first-order valence-electron chi connectivity index (χ1n) is 6.74. The smallest absolute Gasteiger partial charge is 0.270 e. The Labute approximate surface area is 141 Å². The summed E-state index contributed by atoms with van der Waals surface area (Å²) in [4.78, 5) is 16.1. The van der Waals surface area contributed by atoms with E-state index in [1.165, 1.54) is 12.8 Å². The quantitative estimate of drug-likeness (QED) is 0.862. The summed E-state index contributed by atoms with van der Waals surface area (Å²) in [5.74, 6) is 0.369. The Morgan fingerprint density at radius 1 is 1.41 bits per heavy atom. The van der Waals surface area contributed by atoms with E-state index in [4.69, 9.17) is 5.73 Å². The van der Waals surface area contributed by atoms with Gasteiger partial charge in [-0.05, 0) is 37.0 Å². The number of nitrogens with one attached hydrogen (secondary N) is 1. The number of hydrogen-bond acceptors (Lipinski definition) is 4. The van der Waals surface area contributed by atoms with Gasteiger partial charge in [-0.2, -0.15) is 5.10 Å². The molecule has 2 aromatic rings. The molecule has 0 bridgehead atoms. The third-order valence-electron chi connectivity index (χ3n) is 3.47. The molecule has 0 aromatic carbocycles. The van der Waals surface area contributed by atoms with Crippen molar-refractivity contribution in [2.75, 3.05) is 6.54 Å². The molecule has 0 radical (unpaired) electrons. The molecule has 0 aliphatic heterocycles. The van der Waals surface area contributed by atoms with Crippen molar-refractivity contribution in [3.05, 3.63) is 42.5 Å². The number of hydrogen-bond donors (Lipinski definition) is 2. The summed E-state index contributed by atoms with van der Waals surface area (Å²) in [6.45, 7) is 0.497. The average Bonchev–Trinajstić information content (AvgIpc) is 3.19. The second kappa shape index (κ2) is 8.12. The second-order valence-electron chi connectivity index (χ2n) is 5.06. The van der Waals surface area contributed by atoms with Crippen molar-refractivity contribution in [3.63, 3.8) is 0 Å². The average molecular weight is 344 g/mol. The summed E-state index contributed by atoms with van der Waals surface area (Å²) in [6.07, 6.45) is 7.45. The third-order valence-corrected chi connectivity index (χ3v) is 3.47. The maximum absolute atomic E-state index is 12.1. The van der Waals surface area contributed by atoms with Crippen LogP contribution in [0.5, 0.6) is 0 Å². The van der Waals surface area contributed by atoms with Crippen molar-refractivity contribution in [3.8, 4) is 5.69 Å². The van der Waals surface area contributed by atoms with Crippen molar-refractivity contribution in [2.45, 2.75) is 18.9 Å². The highest BCUT2D eigenvalue weighted by Gasteiger charge is 2.28. The van der Waals surface area contributed by atoms with E-state index in [2.05, 4.69) is 15.4 Å². The Balaban J connectivity index is 0.00000121. The minimum atomic E-state index is -0.199. The molecule has 6 nitrogen and oxygen atoms in total. The van der Waals surface area contributed by atoms with Crippen LogP contribution in [0.2, 0.25) is 0 Å². The Kier molecular flexibility index (Phi) is 6.80. The van der Waals surface area contributed by atoms with Gasteiger partial charge in [0.1, 0.15) is 5.69 Å². The van der Waals surface area contributed by atoms with E-state index in [-0.39, 0.29) is 36.8 Å². The fraction of sp³-hybridized carbons (Fsp3) is 0.357. The molecule has 1 unspecified atom stereocenters. The Bertz CT molecular complexity index is 601. The highest BCUT2D eigenvalue weighted by atomic mass is 35.5. The second-order valence-corrected chi connectivity index (χ2v) is 5.06. The van der Waals surface area contributed by atoms with Gasteiger partial charge in [0, 0.05) is 31.2 Å². The molecule has 8 heteroatoms. The van der Waals surface area contributed by atoms with Crippen LogP contribution in [0.1, 0.15) is 23.3 Å². The number of carbonyl (C=O) groups is 1. The lowest BCUT2D eigenvalue weighted by atomic mass is 10.2. The molecule has 1 atom stereocenters. The van der Waals surface area contributed by atoms with Crippen LogP contribution < -0.4 is 11.1 Å². The van der Waals surface area contributed by atoms with E-state index < -0.39 is 0 Å². The lowest BCUT2D eigenvalue weighted by molar-refractivity contribution is 0.0945. The number of aromatic nitrogens is 3. The van der Waals surface area contributed by atoms with Crippen molar-refractivity contribution in [1.29, 1.82) is 0 Å². The maximum atomic E-state index is 12.1. The highest BCUT2D eigenvalue weighted by Crippen LogP contribution is 2.31. The monoisotopic (exact) mass is 343 g/mol. The standard InChI is InChI=1S/C14H17N5O.2ClH/c15-12(10-2-3-10)9-17-14(20)13-8-11(4-6-16-13)19-7-1-5-18-19;;/h1,4-8,10,12H,2-3,9,15H2,(H,17,20);2*1H. The Morgan fingerprint density at radius 3 is 2.82 bits per heavy atom. The molecule has 1 aliphatic rings. The number of nitrogens with two attached hydrogens (primary N) is 1. The first kappa shape index (κ1) is 18.4. The van der Waals surface area contributed by atoms with Gasteiger partial charge in [-0.1, -0.05) is 0 Å². The fourth-order valence-corrected chi connectivity index (χ4v) is 2.10. The molecule has 2 heterocycles. The molecule has 120 valence electrons. The maximum Gasteiger partial charge on any atom is 0.270 e. The van der Waals surface area contributed by atoms with E-state index >= 15 is 0 Å². The van der Waals surface area contributed by atoms with Crippen molar-refractivity contribution >= 4 is 30.7 Å². The van der Waals surface area contributed by atoms with Crippen LogP contribution in [0.25, 0.3) is 5.69 Å². The lowest BCUT2D eigenvalue weighted by Crippen LogP contribution is -2.38. The minimum Gasteiger partial charge on any atom is -0.349 e. The predicted molar refractivity (Wildman–Crippen MR) is 88.9 cm³/mol.